The number of ether oxygens (including phenoxy) is 1. The normalized spacial score (nSPS) is 13.8. The molecule has 0 saturated heterocycles. The van der Waals surface area contributed by atoms with Crippen molar-refractivity contribution in [1.82, 2.24) is 0 Å². The molecule has 7 nitrogen and oxygen atoms in total. The van der Waals surface area contributed by atoms with Gasteiger partial charge in [-0.25, -0.2) is 4.79 Å². The van der Waals surface area contributed by atoms with Crippen molar-refractivity contribution in [1.29, 1.82) is 5.26 Å². The van der Waals surface area contributed by atoms with Crippen LogP contribution in [0, 0.1) is 11.3 Å². The number of nitriles is 1. The average Bonchev–Trinajstić information content (AvgIpc) is 3.08. The third-order valence-corrected chi connectivity index (χ3v) is 4.74. The van der Waals surface area contributed by atoms with Gasteiger partial charge < -0.3 is 15.4 Å². The minimum absolute atomic E-state index is 0.0524. The molecule has 2 aromatic rings. The summed E-state index contributed by atoms with van der Waals surface area (Å²) in [6.07, 6.45) is -0.105. The van der Waals surface area contributed by atoms with Gasteiger partial charge in [-0.1, -0.05) is 0 Å². The second-order valence-electron chi connectivity index (χ2n) is 5.73. The van der Waals surface area contributed by atoms with Crippen molar-refractivity contribution >= 4 is 39.8 Å². The monoisotopic (exact) mass is 369 g/mol. The highest BCUT2D eigenvalue weighted by Crippen LogP contribution is 2.25. The molecule has 0 bridgehead atoms. The van der Waals surface area contributed by atoms with Gasteiger partial charge in [-0.2, -0.15) is 5.26 Å². The molecular formula is C18H15N3O4S. The van der Waals surface area contributed by atoms with Crippen molar-refractivity contribution in [2.75, 3.05) is 10.6 Å². The summed E-state index contributed by atoms with van der Waals surface area (Å²) in [5, 5.41) is 16.4. The van der Waals surface area contributed by atoms with Crippen LogP contribution in [0.15, 0.2) is 29.6 Å². The number of carbonyl (C=O) groups is 3. The van der Waals surface area contributed by atoms with Gasteiger partial charge in [0.1, 0.15) is 11.1 Å². The molecule has 1 aromatic carbocycles. The predicted molar refractivity (Wildman–Crippen MR) is 95.9 cm³/mol. The predicted octanol–water partition coefficient (Wildman–Crippen LogP) is 2.69. The number of benzene rings is 1. The molecule has 2 N–H and O–H groups in total. The Morgan fingerprint density at radius 2 is 2.15 bits per heavy atom. The minimum atomic E-state index is -1.02. The molecule has 0 fully saturated rings. The molecule has 0 saturated carbocycles. The van der Waals surface area contributed by atoms with Crippen LogP contribution in [0.5, 0.6) is 0 Å². The maximum atomic E-state index is 12.3. The lowest BCUT2D eigenvalue weighted by atomic mass is 10.0. The summed E-state index contributed by atoms with van der Waals surface area (Å²) in [7, 11) is 0. The molecule has 0 radical (unpaired) electrons. The number of fused-ring (bicyclic) bond motifs is 1. The van der Waals surface area contributed by atoms with Crippen LogP contribution in [-0.4, -0.2) is 23.9 Å². The Labute approximate surface area is 153 Å². The molecule has 8 heteroatoms. The number of rotatable bonds is 4. The first kappa shape index (κ1) is 17.6. The van der Waals surface area contributed by atoms with Crippen molar-refractivity contribution in [3.63, 3.8) is 0 Å². The Balaban J connectivity index is 1.65. The number of carbonyl (C=O) groups excluding carboxylic acids is 3. The summed E-state index contributed by atoms with van der Waals surface area (Å²) >= 11 is 1.22. The van der Waals surface area contributed by atoms with Crippen LogP contribution >= 0.6 is 11.3 Å². The largest absolute Gasteiger partial charge is 0.449 e. The molecular weight excluding hydrogens is 354 g/mol. The third kappa shape index (κ3) is 3.73. The fourth-order valence-electron chi connectivity index (χ4n) is 2.50. The van der Waals surface area contributed by atoms with Crippen LogP contribution in [0.25, 0.3) is 0 Å². The number of esters is 1. The van der Waals surface area contributed by atoms with Crippen molar-refractivity contribution in [2.24, 2.45) is 0 Å². The molecule has 1 aromatic heterocycles. The summed E-state index contributed by atoms with van der Waals surface area (Å²) < 4.78 is 5.22. The lowest BCUT2D eigenvalue weighted by Crippen LogP contribution is -2.30. The van der Waals surface area contributed by atoms with E-state index in [-0.39, 0.29) is 5.91 Å². The van der Waals surface area contributed by atoms with Crippen molar-refractivity contribution in [3.8, 4) is 6.07 Å². The molecule has 1 atom stereocenters. The lowest BCUT2D eigenvalue weighted by Gasteiger charge is -2.18. The van der Waals surface area contributed by atoms with Crippen LogP contribution in [0.4, 0.5) is 10.7 Å². The molecule has 26 heavy (non-hydrogen) atoms. The highest BCUT2D eigenvalue weighted by Gasteiger charge is 2.22. The highest BCUT2D eigenvalue weighted by molar-refractivity contribution is 7.14. The fraction of sp³-hybridized carbons (Fsp3) is 0.222. The van der Waals surface area contributed by atoms with Crippen molar-refractivity contribution < 1.29 is 19.1 Å². The summed E-state index contributed by atoms with van der Waals surface area (Å²) in [5.41, 5.74) is 2.21. The van der Waals surface area contributed by atoms with Crippen LogP contribution in [0.2, 0.25) is 0 Å². The maximum absolute atomic E-state index is 12.3. The molecule has 2 heterocycles. The summed E-state index contributed by atoms with van der Waals surface area (Å²) in [6.45, 7) is 1.46. The van der Waals surface area contributed by atoms with Crippen LogP contribution in [0.1, 0.15) is 34.8 Å². The maximum Gasteiger partial charge on any atom is 0.338 e. The first-order valence-corrected chi connectivity index (χ1v) is 8.78. The lowest BCUT2D eigenvalue weighted by molar-refractivity contribution is -0.123. The van der Waals surface area contributed by atoms with E-state index in [2.05, 4.69) is 10.6 Å². The minimum Gasteiger partial charge on any atom is -0.449 e. The molecule has 1 unspecified atom stereocenters. The number of hydrogen-bond acceptors (Lipinski definition) is 6. The molecule has 3 rings (SSSR count). The van der Waals surface area contributed by atoms with Crippen LogP contribution in [0.3, 0.4) is 0 Å². The van der Waals surface area contributed by atoms with E-state index in [1.807, 2.05) is 6.07 Å². The molecule has 2 amide bonds. The van der Waals surface area contributed by atoms with Gasteiger partial charge in [-0.15, -0.1) is 11.3 Å². The van der Waals surface area contributed by atoms with E-state index in [1.165, 1.54) is 18.3 Å². The molecule has 1 aliphatic rings. The molecule has 0 spiro atoms. The topological polar surface area (TPSA) is 108 Å². The zero-order chi connectivity index (χ0) is 18.7. The first-order chi connectivity index (χ1) is 12.5. The van der Waals surface area contributed by atoms with E-state index in [0.29, 0.717) is 34.7 Å². The second-order valence-corrected chi connectivity index (χ2v) is 6.65. The van der Waals surface area contributed by atoms with E-state index in [0.717, 1.165) is 5.56 Å². The number of anilines is 2. The van der Waals surface area contributed by atoms with E-state index >= 15 is 0 Å². The number of hydrogen-bond donors (Lipinski definition) is 2. The van der Waals surface area contributed by atoms with Crippen LogP contribution in [-0.2, 0) is 20.7 Å². The zero-order valence-electron chi connectivity index (χ0n) is 13.9. The summed E-state index contributed by atoms with van der Waals surface area (Å²) in [6, 6.07) is 8.44. The van der Waals surface area contributed by atoms with E-state index in [9.17, 15) is 14.4 Å². The average molecular weight is 369 g/mol. The van der Waals surface area contributed by atoms with Gasteiger partial charge in [-0.3, -0.25) is 9.59 Å². The fourth-order valence-corrected chi connectivity index (χ4v) is 3.24. The van der Waals surface area contributed by atoms with Gasteiger partial charge in [0.25, 0.3) is 5.91 Å². The Bertz CT molecular complexity index is 929. The van der Waals surface area contributed by atoms with E-state index in [1.54, 1.807) is 29.6 Å². The zero-order valence-corrected chi connectivity index (χ0v) is 14.7. The van der Waals surface area contributed by atoms with Gasteiger partial charge >= 0.3 is 5.97 Å². The molecule has 1 aliphatic heterocycles. The first-order valence-electron chi connectivity index (χ1n) is 7.90. The second kappa shape index (κ2) is 7.37. The van der Waals surface area contributed by atoms with Gasteiger partial charge in [0.05, 0.1) is 11.1 Å². The number of nitrogens with one attached hydrogen (secondary N) is 2. The van der Waals surface area contributed by atoms with Crippen molar-refractivity contribution in [2.45, 2.75) is 25.9 Å². The van der Waals surface area contributed by atoms with Gasteiger partial charge in [0, 0.05) is 12.1 Å². The summed E-state index contributed by atoms with van der Waals surface area (Å²) in [5.74, 6) is -1.19. The Hall–Kier alpha value is -3.18. The Morgan fingerprint density at radius 1 is 1.35 bits per heavy atom. The SMILES string of the molecule is CC(OC(=O)c1ccc2c(c1)CCC(=O)N2)C(=O)Nc1sccc1C#N. The number of nitrogens with zero attached hydrogens (tertiary/aromatic N) is 1. The quantitative estimate of drug-likeness (QED) is 0.806. The van der Waals surface area contributed by atoms with E-state index in [4.69, 9.17) is 10.00 Å². The van der Waals surface area contributed by atoms with Gasteiger partial charge in [0.2, 0.25) is 5.91 Å². The standard InChI is InChI=1S/C18H15N3O4S/c1-10(16(23)21-17-13(9-19)6-7-26-17)25-18(24)12-2-4-14-11(8-12)3-5-15(22)20-14/h2,4,6-8,10H,3,5H2,1H3,(H,20,22)(H,21,23). The smallest absolute Gasteiger partial charge is 0.338 e. The third-order valence-electron chi connectivity index (χ3n) is 3.91. The summed E-state index contributed by atoms with van der Waals surface area (Å²) in [4.78, 5) is 35.8. The van der Waals surface area contributed by atoms with Gasteiger partial charge in [-0.05, 0) is 48.6 Å². The Kier molecular flexibility index (Phi) is 5.00. The van der Waals surface area contributed by atoms with E-state index < -0.39 is 18.0 Å². The Morgan fingerprint density at radius 3 is 2.92 bits per heavy atom. The van der Waals surface area contributed by atoms with Crippen LogP contribution < -0.4 is 10.6 Å². The highest BCUT2D eigenvalue weighted by atomic mass is 32.1. The van der Waals surface area contributed by atoms with Crippen molar-refractivity contribution in [3.05, 3.63) is 46.3 Å². The number of thiophene rings is 1. The number of aryl methyl sites for hydroxylation is 1. The van der Waals surface area contributed by atoms with Gasteiger partial charge in [0.15, 0.2) is 6.10 Å². The number of amides is 2. The molecule has 0 aliphatic carbocycles. The molecule has 132 valence electrons.